The van der Waals surface area contributed by atoms with E-state index in [1.165, 1.54) is 0 Å². The normalized spacial score (nSPS) is 16.1. The van der Waals surface area contributed by atoms with Gasteiger partial charge in [-0.15, -0.1) is 0 Å². The van der Waals surface area contributed by atoms with Crippen LogP contribution in [0.3, 0.4) is 0 Å². The monoisotopic (exact) mass is 142 g/mol. The fourth-order valence-electron chi connectivity index (χ4n) is 0.402. The predicted molar refractivity (Wildman–Crippen MR) is 30.1 cm³/mol. The van der Waals surface area contributed by atoms with Crippen LogP contribution >= 0.6 is 0 Å². The van der Waals surface area contributed by atoms with E-state index >= 15 is 0 Å². The molecular weight excluding hydrogens is 133 g/mol. The number of hydrogen-bond acceptors (Lipinski definition) is 0. The first-order valence-corrected chi connectivity index (χ1v) is 5.02. The molecule has 0 N–H and O–H groups in total. The van der Waals surface area contributed by atoms with Crippen molar-refractivity contribution in [3.8, 4) is 0 Å². The van der Waals surface area contributed by atoms with Crippen LogP contribution in [0, 0.1) is 0 Å². The van der Waals surface area contributed by atoms with E-state index in [9.17, 15) is 13.2 Å². The van der Waals surface area contributed by atoms with E-state index in [2.05, 4.69) is 0 Å². The molecule has 0 aromatic heterocycles. The summed E-state index contributed by atoms with van der Waals surface area (Å²) in [5, 5.41) is 0. The molecule has 0 nitrogen and oxygen atoms in total. The molecule has 0 radical (unpaired) electrons. The smallest absolute Gasteiger partial charge is 0.242 e. The summed E-state index contributed by atoms with van der Waals surface area (Å²) >= 11 is 0. The zero-order chi connectivity index (χ0) is 6.57. The Morgan fingerprint density at radius 1 is 1.38 bits per heavy atom. The van der Waals surface area contributed by atoms with Crippen molar-refractivity contribution in [1.29, 1.82) is 0 Å². The molecule has 4 heteroatoms. The van der Waals surface area contributed by atoms with Gasteiger partial charge in [0.05, 0.1) is 0 Å². The zero-order valence-corrected chi connectivity index (χ0v) is 6.12. The Bertz CT molecular complexity index is 57.2. The minimum absolute atomic E-state index is 0.109. The quantitative estimate of drug-likeness (QED) is 0.520. The fraction of sp³-hybridized carbons (Fsp3) is 1.00. The summed E-state index contributed by atoms with van der Waals surface area (Å²) in [6.07, 6.45) is -4.62. The van der Waals surface area contributed by atoms with E-state index in [1.54, 1.807) is 0 Å². The summed E-state index contributed by atoms with van der Waals surface area (Å²) in [6.45, 7) is 1.81. The van der Waals surface area contributed by atoms with Crippen molar-refractivity contribution < 1.29 is 13.2 Å². The van der Waals surface area contributed by atoms with Gasteiger partial charge in [0.2, 0.25) is 0 Å². The highest BCUT2D eigenvalue weighted by atomic mass is 28.2. The molecule has 0 spiro atoms. The van der Waals surface area contributed by atoms with Gasteiger partial charge < -0.3 is 0 Å². The van der Waals surface area contributed by atoms with Gasteiger partial charge in [0.15, 0.2) is 6.17 Å². The third kappa shape index (κ3) is 3.07. The van der Waals surface area contributed by atoms with Gasteiger partial charge in [-0.05, 0) is 6.04 Å². The Morgan fingerprint density at radius 3 is 2.00 bits per heavy atom. The maximum Gasteiger partial charge on any atom is 0.269 e. The number of rotatable bonds is 3. The molecule has 8 heavy (non-hydrogen) atoms. The highest BCUT2D eigenvalue weighted by molar-refractivity contribution is 6.33. The Labute approximate surface area is 48.9 Å². The Morgan fingerprint density at radius 2 is 1.88 bits per heavy atom. The molecule has 50 valence electrons. The lowest BCUT2D eigenvalue weighted by molar-refractivity contribution is 0.0603. The Balaban J connectivity index is 3.17. The summed E-state index contributed by atoms with van der Waals surface area (Å²) in [7, 11) is -0.531. The van der Waals surface area contributed by atoms with Gasteiger partial charge in [-0.25, -0.2) is 13.2 Å². The minimum atomic E-state index is -2.76. The summed E-state index contributed by atoms with van der Waals surface area (Å²) < 4.78 is 34.3. The molecule has 0 aliphatic heterocycles. The third-order valence-corrected chi connectivity index (χ3v) is 1.97. The molecule has 0 amide bonds. The van der Waals surface area contributed by atoms with Crippen molar-refractivity contribution in [2.45, 2.75) is 25.2 Å². The van der Waals surface area contributed by atoms with Crippen molar-refractivity contribution in [1.82, 2.24) is 0 Å². The number of halogens is 3. The van der Waals surface area contributed by atoms with Crippen LogP contribution in [0.1, 0.15) is 0 Å². The van der Waals surface area contributed by atoms with Gasteiger partial charge in [-0.2, -0.15) is 0 Å². The van der Waals surface area contributed by atoms with Crippen LogP contribution in [0.15, 0.2) is 0 Å². The van der Waals surface area contributed by atoms with Crippen LogP contribution in [0.4, 0.5) is 13.2 Å². The lowest BCUT2D eigenvalue weighted by atomic mass is 10.5. The predicted octanol–water partition coefficient (Wildman–Crippen LogP) is 1.22. The fourth-order valence-corrected chi connectivity index (χ4v) is 1.21. The number of hydrogen-bond donors (Lipinski definition) is 0. The van der Waals surface area contributed by atoms with Crippen LogP contribution in [0.25, 0.3) is 0 Å². The highest BCUT2D eigenvalue weighted by Gasteiger charge is 2.16. The average molecular weight is 142 g/mol. The Kier molecular flexibility index (Phi) is 3.95. The first kappa shape index (κ1) is 8.01. The van der Waals surface area contributed by atoms with Gasteiger partial charge in [0, 0.05) is 9.52 Å². The molecule has 0 aliphatic carbocycles. The van der Waals surface area contributed by atoms with E-state index in [0.717, 1.165) is 0 Å². The zero-order valence-electron chi connectivity index (χ0n) is 4.70. The summed E-state index contributed by atoms with van der Waals surface area (Å²) in [6, 6.07) is 0.109. The van der Waals surface area contributed by atoms with Gasteiger partial charge in [-0.1, -0.05) is 6.55 Å². The SMILES string of the molecule is C[SiH2]CC(F)C(F)F. The van der Waals surface area contributed by atoms with Crippen molar-refractivity contribution in [3.05, 3.63) is 0 Å². The standard InChI is InChI=1S/C4H9F3Si/c1-8-2-3(5)4(6)7/h3-4H,2,8H2,1H3. The van der Waals surface area contributed by atoms with E-state index in [1.807, 2.05) is 6.55 Å². The summed E-state index contributed by atoms with van der Waals surface area (Å²) in [5.41, 5.74) is 0. The molecule has 0 bridgehead atoms. The minimum Gasteiger partial charge on any atom is -0.242 e. The molecule has 0 aromatic carbocycles. The first-order valence-electron chi connectivity index (χ1n) is 2.60. The topological polar surface area (TPSA) is 0 Å². The maximum atomic E-state index is 11.8. The lowest BCUT2D eigenvalue weighted by Gasteiger charge is -2.01. The molecule has 1 unspecified atom stereocenters. The van der Waals surface area contributed by atoms with Crippen LogP contribution in [0.2, 0.25) is 12.6 Å². The molecule has 0 fully saturated rings. The van der Waals surface area contributed by atoms with Gasteiger partial charge in [-0.3, -0.25) is 0 Å². The van der Waals surface area contributed by atoms with E-state index < -0.39 is 22.1 Å². The third-order valence-electron chi connectivity index (χ3n) is 0.838. The molecular formula is C4H9F3Si. The van der Waals surface area contributed by atoms with E-state index in [0.29, 0.717) is 0 Å². The van der Waals surface area contributed by atoms with Crippen LogP contribution in [-0.2, 0) is 0 Å². The number of alkyl halides is 3. The van der Waals surface area contributed by atoms with E-state index in [4.69, 9.17) is 0 Å². The molecule has 0 rings (SSSR count). The second-order valence-corrected chi connectivity index (χ2v) is 3.22. The van der Waals surface area contributed by atoms with Crippen LogP contribution in [-0.4, -0.2) is 22.1 Å². The van der Waals surface area contributed by atoms with E-state index in [-0.39, 0.29) is 6.04 Å². The van der Waals surface area contributed by atoms with Crippen molar-refractivity contribution in [2.24, 2.45) is 0 Å². The molecule has 0 saturated heterocycles. The lowest BCUT2D eigenvalue weighted by Crippen LogP contribution is -2.12. The summed E-state index contributed by atoms with van der Waals surface area (Å²) in [4.78, 5) is 0. The first-order chi connectivity index (χ1) is 3.68. The average Bonchev–Trinajstić information content (AvgIpc) is 1.67. The summed E-state index contributed by atoms with van der Waals surface area (Å²) in [5.74, 6) is 0. The molecule has 0 aliphatic rings. The van der Waals surface area contributed by atoms with Crippen molar-refractivity contribution in [2.75, 3.05) is 0 Å². The van der Waals surface area contributed by atoms with Crippen molar-refractivity contribution in [3.63, 3.8) is 0 Å². The van der Waals surface area contributed by atoms with Gasteiger partial charge >= 0.3 is 0 Å². The largest absolute Gasteiger partial charge is 0.269 e. The van der Waals surface area contributed by atoms with Crippen molar-refractivity contribution >= 4 is 9.52 Å². The molecule has 0 aromatic rings. The highest BCUT2D eigenvalue weighted by Crippen LogP contribution is 2.08. The van der Waals surface area contributed by atoms with Crippen LogP contribution in [0.5, 0.6) is 0 Å². The Hall–Kier alpha value is 0.00688. The second-order valence-electron chi connectivity index (χ2n) is 1.64. The van der Waals surface area contributed by atoms with Crippen LogP contribution < -0.4 is 0 Å². The maximum absolute atomic E-state index is 11.8. The molecule has 0 saturated carbocycles. The van der Waals surface area contributed by atoms with Gasteiger partial charge in [0.25, 0.3) is 6.43 Å². The molecule has 0 heterocycles. The molecule has 1 atom stereocenters. The second kappa shape index (κ2) is 3.94. The van der Waals surface area contributed by atoms with Gasteiger partial charge in [0.1, 0.15) is 0 Å².